The van der Waals surface area contributed by atoms with E-state index in [0.717, 1.165) is 11.1 Å². The molecule has 1 aliphatic rings. The molecule has 0 saturated heterocycles. The standard InChI is InChI=1S/C23H16ClFO3/c1-14-3-2-4-15(9-14)10-22-23(26)19-8-7-18(12-21(19)28-22)27-13-16-5-6-17(25)11-20(16)24/h2-12H,13H2,1H3. The van der Waals surface area contributed by atoms with Crippen LogP contribution < -0.4 is 9.47 Å². The predicted octanol–water partition coefficient (Wildman–Crippen LogP) is 5.98. The summed E-state index contributed by atoms with van der Waals surface area (Å²) < 4.78 is 24.6. The number of hydrogen-bond donors (Lipinski definition) is 0. The maximum atomic E-state index is 13.1. The van der Waals surface area contributed by atoms with Gasteiger partial charge in [-0.25, -0.2) is 4.39 Å². The highest BCUT2D eigenvalue weighted by atomic mass is 35.5. The van der Waals surface area contributed by atoms with Crippen molar-refractivity contribution in [2.24, 2.45) is 0 Å². The number of benzene rings is 3. The smallest absolute Gasteiger partial charge is 0.231 e. The third-order valence-corrected chi connectivity index (χ3v) is 4.74. The summed E-state index contributed by atoms with van der Waals surface area (Å²) >= 11 is 6.02. The van der Waals surface area contributed by atoms with Crippen LogP contribution in [0.4, 0.5) is 4.39 Å². The van der Waals surface area contributed by atoms with Gasteiger partial charge in [0, 0.05) is 11.6 Å². The molecular weight excluding hydrogens is 379 g/mol. The van der Waals surface area contributed by atoms with Crippen LogP contribution in [0.25, 0.3) is 6.08 Å². The maximum Gasteiger partial charge on any atom is 0.231 e. The molecule has 5 heteroatoms. The third kappa shape index (κ3) is 3.78. The Morgan fingerprint density at radius 3 is 2.75 bits per heavy atom. The van der Waals surface area contributed by atoms with Crippen molar-refractivity contribution in [2.45, 2.75) is 13.5 Å². The molecule has 0 aromatic heterocycles. The van der Waals surface area contributed by atoms with Gasteiger partial charge in [0.15, 0.2) is 5.76 Å². The van der Waals surface area contributed by atoms with E-state index in [-0.39, 0.29) is 18.1 Å². The molecule has 1 aliphatic heterocycles. The quantitative estimate of drug-likeness (QED) is 0.510. The van der Waals surface area contributed by atoms with Crippen molar-refractivity contribution >= 4 is 23.5 Å². The largest absolute Gasteiger partial charge is 0.489 e. The second kappa shape index (κ2) is 7.49. The Morgan fingerprint density at radius 2 is 1.96 bits per heavy atom. The normalized spacial score (nSPS) is 14.1. The van der Waals surface area contributed by atoms with Crippen LogP contribution in [0.5, 0.6) is 11.5 Å². The topological polar surface area (TPSA) is 35.5 Å². The first-order chi connectivity index (χ1) is 13.5. The summed E-state index contributed by atoms with van der Waals surface area (Å²) in [6.45, 7) is 2.17. The Labute approximate surface area is 167 Å². The molecule has 4 rings (SSSR count). The molecular formula is C23H16ClFO3. The van der Waals surface area contributed by atoms with E-state index < -0.39 is 5.82 Å². The number of carbonyl (C=O) groups is 1. The van der Waals surface area contributed by atoms with E-state index in [1.807, 2.05) is 31.2 Å². The zero-order chi connectivity index (χ0) is 19.7. The van der Waals surface area contributed by atoms with E-state index in [1.54, 1.807) is 30.3 Å². The molecule has 0 saturated carbocycles. The van der Waals surface area contributed by atoms with Crippen LogP contribution in [0.3, 0.4) is 0 Å². The van der Waals surface area contributed by atoms with Gasteiger partial charge in [-0.2, -0.15) is 0 Å². The van der Waals surface area contributed by atoms with Crippen LogP contribution in [0.1, 0.15) is 27.0 Å². The highest BCUT2D eigenvalue weighted by molar-refractivity contribution is 6.31. The van der Waals surface area contributed by atoms with E-state index >= 15 is 0 Å². The molecule has 0 aliphatic carbocycles. The van der Waals surface area contributed by atoms with Crippen molar-refractivity contribution in [3.8, 4) is 11.5 Å². The molecule has 1 heterocycles. The summed E-state index contributed by atoms with van der Waals surface area (Å²) in [6, 6.07) is 17.0. The number of hydrogen-bond acceptors (Lipinski definition) is 3. The van der Waals surface area contributed by atoms with Crippen molar-refractivity contribution in [1.29, 1.82) is 0 Å². The fourth-order valence-corrected chi connectivity index (χ4v) is 3.19. The lowest BCUT2D eigenvalue weighted by Crippen LogP contribution is -1.98. The number of Topliss-reactive ketones (excluding diaryl/α,β-unsaturated/α-hetero) is 1. The van der Waals surface area contributed by atoms with Crippen LogP contribution >= 0.6 is 11.6 Å². The van der Waals surface area contributed by atoms with Crippen molar-refractivity contribution in [3.63, 3.8) is 0 Å². The number of fused-ring (bicyclic) bond motifs is 1. The average molecular weight is 395 g/mol. The minimum Gasteiger partial charge on any atom is -0.489 e. The third-order valence-electron chi connectivity index (χ3n) is 4.39. The van der Waals surface area contributed by atoms with E-state index in [0.29, 0.717) is 27.6 Å². The summed E-state index contributed by atoms with van der Waals surface area (Å²) in [5.74, 6) is 0.699. The van der Waals surface area contributed by atoms with Crippen LogP contribution in [0, 0.1) is 12.7 Å². The molecule has 0 amide bonds. The summed E-state index contributed by atoms with van der Waals surface area (Å²) in [5, 5.41) is 0.302. The van der Waals surface area contributed by atoms with Crippen LogP contribution in [-0.4, -0.2) is 5.78 Å². The second-order valence-electron chi connectivity index (χ2n) is 6.54. The van der Waals surface area contributed by atoms with Gasteiger partial charge in [0.05, 0.1) is 10.6 Å². The van der Waals surface area contributed by atoms with Crippen molar-refractivity contribution < 1.29 is 18.7 Å². The van der Waals surface area contributed by atoms with Crippen molar-refractivity contribution in [2.75, 3.05) is 0 Å². The molecule has 0 fully saturated rings. The SMILES string of the molecule is Cc1cccc(C=C2Oc3cc(OCc4ccc(F)cc4Cl)ccc3C2=O)c1. The van der Waals surface area contributed by atoms with Gasteiger partial charge in [-0.1, -0.05) is 47.5 Å². The number of ether oxygens (including phenoxy) is 2. The zero-order valence-corrected chi connectivity index (χ0v) is 15.8. The van der Waals surface area contributed by atoms with Gasteiger partial charge >= 0.3 is 0 Å². The molecule has 3 aromatic carbocycles. The van der Waals surface area contributed by atoms with Crippen molar-refractivity contribution in [1.82, 2.24) is 0 Å². The molecule has 0 N–H and O–H groups in total. The minimum atomic E-state index is -0.397. The molecule has 3 aromatic rings. The Hall–Kier alpha value is -3.11. The summed E-state index contributed by atoms with van der Waals surface area (Å²) in [5.41, 5.74) is 3.16. The molecule has 0 bridgehead atoms. The fraction of sp³-hybridized carbons (Fsp3) is 0.0870. The minimum absolute atomic E-state index is 0.162. The van der Waals surface area contributed by atoms with E-state index in [1.165, 1.54) is 12.1 Å². The molecule has 3 nitrogen and oxygen atoms in total. The Kier molecular flexibility index (Phi) is 4.88. The molecule has 0 unspecified atom stereocenters. The summed E-state index contributed by atoms with van der Waals surface area (Å²) in [7, 11) is 0. The van der Waals surface area contributed by atoms with Gasteiger partial charge in [0.2, 0.25) is 5.78 Å². The number of ketones is 1. The van der Waals surface area contributed by atoms with E-state index in [4.69, 9.17) is 21.1 Å². The van der Waals surface area contributed by atoms with Crippen LogP contribution in [0.15, 0.2) is 66.4 Å². The number of carbonyl (C=O) groups excluding carboxylic acids is 1. The Bertz CT molecular complexity index is 1100. The van der Waals surface area contributed by atoms with Crippen molar-refractivity contribution in [3.05, 3.63) is 99.5 Å². The number of rotatable bonds is 4. The summed E-state index contributed by atoms with van der Waals surface area (Å²) in [6.07, 6.45) is 1.73. The van der Waals surface area contributed by atoms with Gasteiger partial charge in [-0.3, -0.25) is 4.79 Å². The first kappa shape index (κ1) is 18.3. The first-order valence-corrected chi connectivity index (χ1v) is 9.09. The van der Waals surface area contributed by atoms with Crippen LogP contribution in [-0.2, 0) is 6.61 Å². The molecule has 0 atom stereocenters. The lowest BCUT2D eigenvalue weighted by molar-refractivity contribution is 0.101. The number of halogens is 2. The highest BCUT2D eigenvalue weighted by Gasteiger charge is 2.27. The molecule has 0 radical (unpaired) electrons. The highest BCUT2D eigenvalue weighted by Crippen LogP contribution is 2.35. The first-order valence-electron chi connectivity index (χ1n) is 8.71. The van der Waals surface area contributed by atoms with Gasteiger partial charge in [0.1, 0.15) is 23.9 Å². The van der Waals surface area contributed by atoms with Crippen LogP contribution in [0.2, 0.25) is 5.02 Å². The lowest BCUT2D eigenvalue weighted by Gasteiger charge is -2.08. The zero-order valence-electron chi connectivity index (χ0n) is 15.0. The summed E-state index contributed by atoms with van der Waals surface area (Å²) in [4.78, 5) is 12.6. The predicted molar refractivity (Wildman–Crippen MR) is 106 cm³/mol. The maximum absolute atomic E-state index is 13.1. The Balaban J connectivity index is 1.52. The number of allylic oxidation sites excluding steroid dienone is 1. The number of aryl methyl sites for hydroxylation is 1. The Morgan fingerprint density at radius 1 is 1.11 bits per heavy atom. The van der Waals surface area contributed by atoms with Gasteiger partial charge in [0.25, 0.3) is 0 Å². The monoisotopic (exact) mass is 394 g/mol. The van der Waals surface area contributed by atoms with E-state index in [9.17, 15) is 9.18 Å². The molecule has 140 valence electrons. The van der Waals surface area contributed by atoms with Gasteiger partial charge in [-0.15, -0.1) is 0 Å². The molecule has 28 heavy (non-hydrogen) atoms. The fourth-order valence-electron chi connectivity index (χ4n) is 2.97. The molecule has 0 spiro atoms. The lowest BCUT2D eigenvalue weighted by atomic mass is 10.1. The van der Waals surface area contributed by atoms with E-state index in [2.05, 4.69) is 0 Å². The second-order valence-corrected chi connectivity index (χ2v) is 6.94. The van der Waals surface area contributed by atoms with Gasteiger partial charge < -0.3 is 9.47 Å². The average Bonchev–Trinajstić information content (AvgIpc) is 2.96. The van der Waals surface area contributed by atoms with Gasteiger partial charge in [-0.05, 0) is 42.8 Å².